The molecule has 0 aromatic carbocycles. The Morgan fingerprint density at radius 1 is 1.17 bits per heavy atom. The van der Waals surface area contributed by atoms with E-state index in [4.69, 9.17) is 5.73 Å². The summed E-state index contributed by atoms with van der Waals surface area (Å²) in [5.74, 6) is 0.321. The van der Waals surface area contributed by atoms with Gasteiger partial charge in [-0.05, 0) is 19.8 Å². The van der Waals surface area contributed by atoms with E-state index in [0.29, 0.717) is 18.5 Å². The third-order valence-corrected chi connectivity index (χ3v) is 4.50. The highest BCUT2D eigenvalue weighted by Gasteiger charge is 2.34. The number of hydrogen-bond acceptors (Lipinski definition) is 3. The fraction of sp³-hybridized carbons (Fsp3) is 0.929. The summed E-state index contributed by atoms with van der Waals surface area (Å²) in [6.45, 7) is 5.39. The summed E-state index contributed by atoms with van der Waals surface area (Å²) in [6.07, 6.45) is 7.66. The van der Waals surface area contributed by atoms with Crippen LogP contribution in [0.25, 0.3) is 0 Å². The fourth-order valence-electron chi connectivity index (χ4n) is 3.34. The van der Waals surface area contributed by atoms with Gasteiger partial charge in [-0.2, -0.15) is 0 Å². The van der Waals surface area contributed by atoms with Crippen LogP contribution >= 0.6 is 0 Å². The van der Waals surface area contributed by atoms with Crippen molar-refractivity contribution in [2.45, 2.75) is 57.5 Å². The van der Waals surface area contributed by atoms with Gasteiger partial charge in [-0.3, -0.25) is 9.69 Å². The number of carbonyl (C=O) groups is 1. The maximum atomic E-state index is 12.5. The van der Waals surface area contributed by atoms with Crippen molar-refractivity contribution in [1.82, 2.24) is 9.80 Å². The lowest BCUT2D eigenvalue weighted by Crippen LogP contribution is -2.59. The molecule has 18 heavy (non-hydrogen) atoms. The molecule has 4 nitrogen and oxygen atoms in total. The van der Waals surface area contributed by atoms with Crippen molar-refractivity contribution < 1.29 is 4.79 Å². The lowest BCUT2D eigenvalue weighted by atomic mass is 10.0. The van der Waals surface area contributed by atoms with Gasteiger partial charge in [-0.25, -0.2) is 0 Å². The van der Waals surface area contributed by atoms with Crippen LogP contribution in [0.1, 0.15) is 45.4 Å². The predicted molar refractivity (Wildman–Crippen MR) is 73.3 cm³/mol. The topological polar surface area (TPSA) is 49.6 Å². The molecule has 0 spiro atoms. The van der Waals surface area contributed by atoms with Gasteiger partial charge in [-0.1, -0.05) is 25.7 Å². The number of hydrogen-bond donors (Lipinski definition) is 1. The minimum atomic E-state index is 0.0190. The van der Waals surface area contributed by atoms with Gasteiger partial charge in [0.2, 0.25) is 5.91 Å². The molecule has 1 amide bonds. The van der Waals surface area contributed by atoms with Gasteiger partial charge < -0.3 is 10.6 Å². The van der Waals surface area contributed by atoms with Crippen LogP contribution < -0.4 is 5.73 Å². The van der Waals surface area contributed by atoms with Gasteiger partial charge in [0.25, 0.3) is 0 Å². The second-order valence-corrected chi connectivity index (χ2v) is 5.68. The molecule has 1 unspecified atom stereocenters. The number of nitrogens with zero attached hydrogens (tertiary/aromatic N) is 2. The third-order valence-electron chi connectivity index (χ3n) is 4.50. The number of amides is 1. The Kier molecular flexibility index (Phi) is 5.01. The minimum absolute atomic E-state index is 0.0190. The van der Waals surface area contributed by atoms with Gasteiger partial charge in [0.15, 0.2) is 0 Å². The zero-order valence-corrected chi connectivity index (χ0v) is 11.6. The average molecular weight is 253 g/mol. The molecule has 2 N–H and O–H groups in total. The molecule has 0 aromatic rings. The first-order valence-electron chi connectivity index (χ1n) is 7.48. The monoisotopic (exact) mass is 253 g/mol. The largest absolute Gasteiger partial charge is 0.337 e. The van der Waals surface area contributed by atoms with Crippen molar-refractivity contribution >= 4 is 5.91 Å². The summed E-state index contributed by atoms with van der Waals surface area (Å²) in [4.78, 5) is 16.8. The van der Waals surface area contributed by atoms with Crippen molar-refractivity contribution in [2.24, 2.45) is 5.73 Å². The van der Waals surface area contributed by atoms with Crippen molar-refractivity contribution in [3.8, 4) is 0 Å². The van der Waals surface area contributed by atoms with E-state index in [0.717, 1.165) is 19.6 Å². The van der Waals surface area contributed by atoms with Crippen molar-refractivity contribution in [3.05, 3.63) is 0 Å². The molecule has 104 valence electrons. The summed E-state index contributed by atoms with van der Waals surface area (Å²) in [7, 11) is 0. The number of carbonyl (C=O) groups excluding carboxylic acids is 1. The molecule has 1 aliphatic carbocycles. The van der Waals surface area contributed by atoms with Crippen LogP contribution in [0, 0.1) is 0 Å². The number of rotatable bonds is 3. The Hall–Kier alpha value is -0.610. The van der Waals surface area contributed by atoms with Crippen LogP contribution in [0.4, 0.5) is 0 Å². The first-order chi connectivity index (χ1) is 8.74. The summed E-state index contributed by atoms with van der Waals surface area (Å²) < 4.78 is 0. The molecule has 2 aliphatic rings. The van der Waals surface area contributed by atoms with E-state index in [-0.39, 0.29) is 6.04 Å². The molecule has 2 rings (SSSR count). The summed E-state index contributed by atoms with van der Waals surface area (Å²) >= 11 is 0. The van der Waals surface area contributed by atoms with Crippen LogP contribution in [0.3, 0.4) is 0 Å². The quantitative estimate of drug-likeness (QED) is 0.769. The molecule has 1 saturated carbocycles. The van der Waals surface area contributed by atoms with E-state index in [1.165, 1.54) is 38.5 Å². The molecule has 0 bridgehead atoms. The van der Waals surface area contributed by atoms with Crippen LogP contribution in [0.5, 0.6) is 0 Å². The lowest BCUT2D eigenvalue weighted by Gasteiger charge is -2.42. The minimum Gasteiger partial charge on any atom is -0.337 e. The van der Waals surface area contributed by atoms with Crippen LogP contribution in [0.15, 0.2) is 0 Å². The Labute approximate surface area is 110 Å². The van der Waals surface area contributed by atoms with Gasteiger partial charge in [0, 0.05) is 32.2 Å². The molecule has 1 heterocycles. The standard InChI is InChI=1S/C14H27N3O/c1-12-14(18)17(11-10-16(12)9-8-15)13-6-4-2-3-5-7-13/h12-13H,2-11,15H2,1H3. The maximum absolute atomic E-state index is 12.5. The molecule has 1 atom stereocenters. The molecule has 0 aromatic heterocycles. The zero-order chi connectivity index (χ0) is 13.0. The van der Waals surface area contributed by atoms with E-state index >= 15 is 0 Å². The zero-order valence-electron chi connectivity index (χ0n) is 11.6. The highest BCUT2D eigenvalue weighted by Crippen LogP contribution is 2.24. The summed E-state index contributed by atoms with van der Waals surface area (Å²) in [5, 5.41) is 0. The van der Waals surface area contributed by atoms with E-state index in [9.17, 15) is 4.79 Å². The normalized spacial score (nSPS) is 28.4. The highest BCUT2D eigenvalue weighted by molar-refractivity contribution is 5.82. The second-order valence-electron chi connectivity index (χ2n) is 5.68. The third kappa shape index (κ3) is 3.04. The van der Waals surface area contributed by atoms with Gasteiger partial charge in [0.1, 0.15) is 0 Å². The summed E-state index contributed by atoms with van der Waals surface area (Å²) in [5.41, 5.74) is 5.60. The highest BCUT2D eigenvalue weighted by atomic mass is 16.2. The lowest BCUT2D eigenvalue weighted by molar-refractivity contribution is -0.144. The smallest absolute Gasteiger partial charge is 0.239 e. The molecule has 1 aliphatic heterocycles. The van der Waals surface area contributed by atoms with Crippen LogP contribution in [-0.4, -0.2) is 54.0 Å². The van der Waals surface area contributed by atoms with Gasteiger partial charge in [-0.15, -0.1) is 0 Å². The van der Waals surface area contributed by atoms with E-state index in [2.05, 4.69) is 9.80 Å². The summed E-state index contributed by atoms with van der Waals surface area (Å²) in [6, 6.07) is 0.521. The van der Waals surface area contributed by atoms with E-state index < -0.39 is 0 Å². The van der Waals surface area contributed by atoms with Crippen molar-refractivity contribution in [3.63, 3.8) is 0 Å². The predicted octanol–water partition coefficient (Wildman–Crippen LogP) is 1.20. The second kappa shape index (κ2) is 6.53. The Morgan fingerprint density at radius 3 is 2.44 bits per heavy atom. The maximum Gasteiger partial charge on any atom is 0.239 e. The molecular formula is C14H27N3O. The van der Waals surface area contributed by atoms with E-state index in [1.807, 2.05) is 6.92 Å². The Morgan fingerprint density at radius 2 is 1.83 bits per heavy atom. The number of nitrogens with two attached hydrogens (primary N) is 1. The van der Waals surface area contributed by atoms with Crippen LogP contribution in [-0.2, 0) is 4.79 Å². The van der Waals surface area contributed by atoms with Crippen molar-refractivity contribution in [2.75, 3.05) is 26.2 Å². The SMILES string of the molecule is CC1C(=O)N(C2CCCCCC2)CCN1CCN. The van der Waals surface area contributed by atoms with Crippen LogP contribution in [0.2, 0.25) is 0 Å². The number of piperazine rings is 1. The molecule has 4 heteroatoms. The molecule has 1 saturated heterocycles. The molecular weight excluding hydrogens is 226 g/mol. The average Bonchev–Trinajstić information content (AvgIpc) is 2.64. The Balaban J connectivity index is 1.96. The van der Waals surface area contributed by atoms with Gasteiger partial charge in [0.05, 0.1) is 6.04 Å². The Bertz CT molecular complexity index is 274. The fourth-order valence-corrected chi connectivity index (χ4v) is 3.34. The first-order valence-corrected chi connectivity index (χ1v) is 7.48. The first kappa shape index (κ1) is 13.8. The van der Waals surface area contributed by atoms with E-state index in [1.54, 1.807) is 0 Å². The molecule has 2 fully saturated rings. The van der Waals surface area contributed by atoms with Gasteiger partial charge >= 0.3 is 0 Å². The van der Waals surface area contributed by atoms with Crippen molar-refractivity contribution in [1.29, 1.82) is 0 Å². The molecule has 0 radical (unpaired) electrons.